The maximum Gasteiger partial charge on any atom is 0.0561 e. The molecule has 0 spiro atoms. The molecule has 3 heterocycles. The zero-order chi connectivity index (χ0) is 33.5. The molecule has 238 valence electrons. The maximum atomic E-state index is 2.45. The van der Waals surface area contributed by atoms with E-state index in [1.54, 1.807) is 0 Å². The van der Waals surface area contributed by atoms with Crippen molar-refractivity contribution in [2.24, 2.45) is 0 Å². The second-order valence-electron chi connectivity index (χ2n) is 13.4. The lowest BCUT2D eigenvalue weighted by Gasteiger charge is -2.12. The highest BCUT2D eigenvalue weighted by Gasteiger charge is 2.18. The minimum atomic E-state index is 1.15. The Morgan fingerprint density at radius 2 is 0.627 bits per heavy atom. The van der Waals surface area contributed by atoms with Crippen molar-refractivity contribution in [3.8, 4) is 28.2 Å². The molecule has 0 N–H and O–H groups in total. The lowest BCUT2D eigenvalue weighted by molar-refractivity contribution is 1.15. The van der Waals surface area contributed by atoms with Crippen molar-refractivity contribution in [1.29, 1.82) is 0 Å². The molecule has 0 amide bonds. The van der Waals surface area contributed by atoms with Crippen LogP contribution in [0.2, 0.25) is 0 Å². The van der Waals surface area contributed by atoms with E-state index in [-0.39, 0.29) is 0 Å². The lowest BCUT2D eigenvalue weighted by atomic mass is 10.1. The summed E-state index contributed by atoms with van der Waals surface area (Å²) >= 11 is 0. The SMILES string of the molecule is c1ccc(-c2cccc(-n3c4ccccc4c4cc(-n5c6ccccc6c6ccc(-n7c8ccccc8c8ccccc87)cc65)ccc43)c2)cc1. The molecule has 0 fully saturated rings. The highest BCUT2D eigenvalue weighted by molar-refractivity contribution is 6.13. The molecule has 11 rings (SSSR count). The van der Waals surface area contributed by atoms with Crippen LogP contribution in [0.3, 0.4) is 0 Å². The molecule has 0 atom stereocenters. The van der Waals surface area contributed by atoms with Crippen molar-refractivity contribution in [2.45, 2.75) is 0 Å². The van der Waals surface area contributed by atoms with E-state index >= 15 is 0 Å². The molecule has 11 aromatic rings. The van der Waals surface area contributed by atoms with Gasteiger partial charge in [0.1, 0.15) is 0 Å². The summed E-state index contributed by atoms with van der Waals surface area (Å²) in [6.07, 6.45) is 0. The Morgan fingerprint density at radius 3 is 1.24 bits per heavy atom. The van der Waals surface area contributed by atoms with E-state index in [4.69, 9.17) is 0 Å². The van der Waals surface area contributed by atoms with Crippen LogP contribution in [0.25, 0.3) is 93.6 Å². The standard InChI is InChI=1S/C48H31N3/c1-2-13-32(14-3-1)33-15-12-16-34(29-33)49-46-24-11-7-20-40(46)42-30-35(26-28-47(42)49)51-45-23-10-6-19-39(45)41-27-25-36(31-48(41)51)50-43-21-8-4-17-37(43)38-18-5-9-22-44(38)50/h1-31H. The predicted molar refractivity (Wildman–Crippen MR) is 215 cm³/mol. The molecule has 0 aliphatic rings. The third-order valence-electron chi connectivity index (χ3n) is 10.6. The molecule has 51 heavy (non-hydrogen) atoms. The normalized spacial score (nSPS) is 11.9. The third kappa shape index (κ3) is 4.12. The van der Waals surface area contributed by atoms with Crippen LogP contribution in [0.4, 0.5) is 0 Å². The lowest BCUT2D eigenvalue weighted by Crippen LogP contribution is -1.97. The first-order valence-electron chi connectivity index (χ1n) is 17.5. The number of fused-ring (bicyclic) bond motifs is 9. The summed E-state index contributed by atoms with van der Waals surface area (Å²) in [5.74, 6) is 0. The molecule has 0 radical (unpaired) electrons. The number of hydrogen-bond acceptors (Lipinski definition) is 0. The van der Waals surface area contributed by atoms with E-state index < -0.39 is 0 Å². The fourth-order valence-electron chi connectivity index (χ4n) is 8.41. The van der Waals surface area contributed by atoms with Gasteiger partial charge in [-0.25, -0.2) is 0 Å². The molecular formula is C48H31N3. The van der Waals surface area contributed by atoms with Gasteiger partial charge in [0.15, 0.2) is 0 Å². The van der Waals surface area contributed by atoms with Crippen LogP contribution in [0.5, 0.6) is 0 Å². The van der Waals surface area contributed by atoms with E-state index in [1.807, 2.05) is 0 Å². The Hall–Kier alpha value is -6.84. The van der Waals surface area contributed by atoms with Crippen LogP contribution >= 0.6 is 0 Å². The summed E-state index contributed by atoms with van der Waals surface area (Å²) < 4.78 is 7.27. The molecule has 0 aliphatic heterocycles. The molecule has 8 aromatic carbocycles. The molecule has 0 aliphatic carbocycles. The zero-order valence-electron chi connectivity index (χ0n) is 27.7. The Kier molecular flexibility index (Phi) is 5.96. The van der Waals surface area contributed by atoms with Crippen molar-refractivity contribution in [1.82, 2.24) is 13.7 Å². The second kappa shape index (κ2) is 10.8. The fraction of sp³-hybridized carbons (Fsp3) is 0. The summed E-state index contributed by atoms with van der Waals surface area (Å²) in [5, 5.41) is 7.51. The average molecular weight is 650 g/mol. The van der Waals surface area contributed by atoms with Crippen molar-refractivity contribution in [3.05, 3.63) is 188 Å². The number of nitrogens with zero attached hydrogens (tertiary/aromatic N) is 3. The van der Waals surface area contributed by atoms with Gasteiger partial charge in [0.05, 0.1) is 33.1 Å². The summed E-state index contributed by atoms with van der Waals surface area (Å²) in [5.41, 5.74) is 13.1. The summed E-state index contributed by atoms with van der Waals surface area (Å²) in [6.45, 7) is 0. The van der Waals surface area contributed by atoms with E-state index in [0.29, 0.717) is 0 Å². The summed E-state index contributed by atoms with van der Waals surface area (Å²) in [6, 6.07) is 68.5. The molecule has 0 saturated carbocycles. The van der Waals surface area contributed by atoms with Crippen LogP contribution in [0.15, 0.2) is 188 Å². The Labute approximate surface area is 294 Å². The topological polar surface area (TPSA) is 14.8 Å². The Balaban J connectivity index is 1.16. The van der Waals surface area contributed by atoms with E-state index in [9.17, 15) is 0 Å². The molecule has 0 unspecified atom stereocenters. The highest BCUT2D eigenvalue weighted by Crippen LogP contribution is 2.39. The average Bonchev–Trinajstić information content (AvgIpc) is 3.83. The smallest absolute Gasteiger partial charge is 0.0561 e. The third-order valence-corrected chi connectivity index (χ3v) is 10.6. The number of aromatic nitrogens is 3. The van der Waals surface area contributed by atoms with Crippen molar-refractivity contribution < 1.29 is 0 Å². The minimum Gasteiger partial charge on any atom is -0.309 e. The van der Waals surface area contributed by atoms with Gasteiger partial charge >= 0.3 is 0 Å². The molecular weight excluding hydrogens is 619 g/mol. The van der Waals surface area contributed by atoms with Crippen LogP contribution < -0.4 is 0 Å². The zero-order valence-corrected chi connectivity index (χ0v) is 27.7. The van der Waals surface area contributed by atoms with Gasteiger partial charge < -0.3 is 13.7 Å². The summed E-state index contributed by atoms with van der Waals surface area (Å²) in [4.78, 5) is 0. The van der Waals surface area contributed by atoms with Crippen LogP contribution in [0, 0.1) is 0 Å². The van der Waals surface area contributed by atoms with Gasteiger partial charge in [-0.2, -0.15) is 0 Å². The van der Waals surface area contributed by atoms with Crippen molar-refractivity contribution >= 4 is 65.4 Å². The first-order chi connectivity index (χ1) is 25.3. The van der Waals surface area contributed by atoms with Crippen LogP contribution in [-0.2, 0) is 0 Å². The minimum absolute atomic E-state index is 1.15. The summed E-state index contributed by atoms with van der Waals surface area (Å²) in [7, 11) is 0. The van der Waals surface area contributed by atoms with E-state index in [1.165, 1.54) is 76.5 Å². The molecule has 3 heteroatoms. The predicted octanol–water partition coefficient (Wildman–Crippen LogP) is 12.6. The van der Waals surface area contributed by atoms with Crippen LogP contribution in [-0.4, -0.2) is 13.7 Å². The highest BCUT2D eigenvalue weighted by atomic mass is 15.0. The molecule has 0 saturated heterocycles. The van der Waals surface area contributed by atoms with Gasteiger partial charge in [0.25, 0.3) is 0 Å². The van der Waals surface area contributed by atoms with Crippen molar-refractivity contribution in [2.75, 3.05) is 0 Å². The first kappa shape index (κ1) is 28.0. The van der Waals surface area contributed by atoms with Crippen LogP contribution in [0.1, 0.15) is 0 Å². The number of hydrogen-bond donors (Lipinski definition) is 0. The van der Waals surface area contributed by atoms with Gasteiger partial charge in [-0.3, -0.25) is 0 Å². The fourth-order valence-corrected chi connectivity index (χ4v) is 8.41. The van der Waals surface area contributed by atoms with Gasteiger partial charge in [-0.1, -0.05) is 121 Å². The van der Waals surface area contributed by atoms with Gasteiger partial charge in [-0.05, 0) is 77.9 Å². The quantitative estimate of drug-likeness (QED) is 0.180. The Morgan fingerprint density at radius 1 is 0.216 bits per heavy atom. The molecule has 3 aromatic heterocycles. The second-order valence-corrected chi connectivity index (χ2v) is 13.4. The number of rotatable bonds is 4. The monoisotopic (exact) mass is 649 g/mol. The van der Waals surface area contributed by atoms with Gasteiger partial charge in [0.2, 0.25) is 0 Å². The van der Waals surface area contributed by atoms with Gasteiger partial charge in [0, 0.05) is 49.4 Å². The number of benzene rings is 8. The Bertz CT molecular complexity index is 3080. The van der Waals surface area contributed by atoms with E-state index in [2.05, 4.69) is 202 Å². The van der Waals surface area contributed by atoms with E-state index in [0.717, 1.165) is 17.1 Å². The first-order valence-corrected chi connectivity index (χ1v) is 17.5. The largest absolute Gasteiger partial charge is 0.309 e. The number of para-hydroxylation sites is 4. The molecule has 3 nitrogen and oxygen atoms in total. The maximum absolute atomic E-state index is 2.45. The molecule has 0 bridgehead atoms. The van der Waals surface area contributed by atoms with Gasteiger partial charge in [-0.15, -0.1) is 0 Å². The van der Waals surface area contributed by atoms with Crippen molar-refractivity contribution in [3.63, 3.8) is 0 Å².